The molecule has 2 aromatic carbocycles. The Bertz CT molecular complexity index is 599. The van der Waals surface area contributed by atoms with E-state index in [0.717, 1.165) is 16.8 Å². The third-order valence-electron chi connectivity index (χ3n) is 2.67. The van der Waals surface area contributed by atoms with E-state index in [1.165, 1.54) is 5.39 Å². The highest BCUT2D eigenvalue weighted by Crippen LogP contribution is 2.26. The van der Waals surface area contributed by atoms with Gasteiger partial charge in [0.25, 0.3) is 0 Å². The van der Waals surface area contributed by atoms with Crippen molar-refractivity contribution >= 4 is 17.1 Å². The second-order valence-electron chi connectivity index (χ2n) is 3.95. The van der Waals surface area contributed by atoms with Crippen LogP contribution in [0, 0.1) is 0 Å². The molecule has 0 saturated carbocycles. The van der Waals surface area contributed by atoms with Gasteiger partial charge in [0.1, 0.15) is 6.34 Å². The molecule has 0 fully saturated rings. The zero-order valence-electron chi connectivity index (χ0n) is 9.34. The Morgan fingerprint density at radius 3 is 2.76 bits per heavy atom. The van der Waals surface area contributed by atoms with Gasteiger partial charge in [-0.2, -0.15) is 5.06 Å². The zero-order chi connectivity index (χ0) is 11.7. The highest BCUT2D eigenvalue weighted by Gasteiger charge is 2.11. The highest BCUT2D eigenvalue weighted by atomic mass is 16.7. The third-order valence-corrected chi connectivity index (χ3v) is 2.67. The Morgan fingerprint density at radius 2 is 1.94 bits per heavy atom. The summed E-state index contributed by atoms with van der Waals surface area (Å²) in [6, 6.07) is 14.2. The normalized spacial score (nSPS) is 14.6. The molecule has 84 valence electrons. The second kappa shape index (κ2) is 3.94. The molecule has 0 amide bonds. The van der Waals surface area contributed by atoms with Crippen molar-refractivity contribution in [2.45, 2.75) is 0 Å². The van der Waals surface area contributed by atoms with Crippen LogP contribution in [0.25, 0.3) is 10.8 Å². The number of fused-ring (bicyclic) bond motifs is 1. The summed E-state index contributed by atoms with van der Waals surface area (Å²) in [7, 11) is 0. The summed E-state index contributed by atoms with van der Waals surface area (Å²) in [6.07, 6.45) is 1.66. The van der Waals surface area contributed by atoms with Gasteiger partial charge in [-0.05, 0) is 11.5 Å². The minimum atomic E-state index is 0.614. The van der Waals surface area contributed by atoms with Gasteiger partial charge in [-0.3, -0.25) is 0 Å². The first-order chi connectivity index (χ1) is 8.33. The van der Waals surface area contributed by atoms with Crippen LogP contribution in [0.1, 0.15) is 0 Å². The largest absolute Gasteiger partial charge is 0.378 e. The first-order valence-electron chi connectivity index (χ1n) is 5.47. The molecular formula is C14H12N2O. The standard InChI is InChI=1S/C14H12N2O/c1-11-9-16(10-15-11)17-14-8-4-6-12-5-2-3-7-13(12)14/h2-8,10H,1,9H2. The summed E-state index contributed by atoms with van der Waals surface area (Å²) in [4.78, 5) is 9.86. The molecule has 3 rings (SSSR count). The SMILES string of the molecule is C=C1CN(Oc2cccc3ccccc23)C=N1. The summed E-state index contributed by atoms with van der Waals surface area (Å²) in [5.41, 5.74) is 0.810. The monoisotopic (exact) mass is 224 g/mol. The molecule has 0 aliphatic carbocycles. The third kappa shape index (κ3) is 1.87. The zero-order valence-corrected chi connectivity index (χ0v) is 9.34. The molecule has 3 nitrogen and oxygen atoms in total. The van der Waals surface area contributed by atoms with Gasteiger partial charge in [-0.1, -0.05) is 43.0 Å². The highest BCUT2D eigenvalue weighted by molar-refractivity contribution is 5.88. The molecule has 0 N–H and O–H groups in total. The Hall–Kier alpha value is -2.29. The van der Waals surface area contributed by atoms with Crippen molar-refractivity contribution in [1.29, 1.82) is 0 Å². The van der Waals surface area contributed by atoms with Gasteiger partial charge in [-0.15, -0.1) is 0 Å². The molecule has 1 heterocycles. The van der Waals surface area contributed by atoms with E-state index in [4.69, 9.17) is 4.84 Å². The summed E-state index contributed by atoms with van der Waals surface area (Å²) >= 11 is 0. The molecule has 0 unspecified atom stereocenters. The van der Waals surface area contributed by atoms with E-state index in [0.29, 0.717) is 6.54 Å². The quantitative estimate of drug-likeness (QED) is 0.783. The van der Waals surface area contributed by atoms with Crippen molar-refractivity contribution < 1.29 is 4.84 Å². The summed E-state index contributed by atoms with van der Waals surface area (Å²) in [6.45, 7) is 4.40. The minimum absolute atomic E-state index is 0.614. The van der Waals surface area contributed by atoms with Crippen LogP contribution in [0.5, 0.6) is 5.75 Å². The number of benzene rings is 2. The fourth-order valence-corrected chi connectivity index (χ4v) is 1.87. The van der Waals surface area contributed by atoms with Crippen molar-refractivity contribution in [2.75, 3.05) is 6.54 Å². The van der Waals surface area contributed by atoms with Crippen LogP contribution in [0.3, 0.4) is 0 Å². The second-order valence-corrected chi connectivity index (χ2v) is 3.95. The summed E-state index contributed by atoms with van der Waals surface area (Å²) in [5.74, 6) is 0.837. The van der Waals surface area contributed by atoms with Gasteiger partial charge in [0, 0.05) is 5.39 Å². The van der Waals surface area contributed by atoms with Crippen molar-refractivity contribution in [3.8, 4) is 5.75 Å². The Labute approximate surface area is 99.6 Å². The molecule has 1 aliphatic rings. The van der Waals surface area contributed by atoms with E-state index >= 15 is 0 Å². The van der Waals surface area contributed by atoms with Gasteiger partial charge in [0.15, 0.2) is 5.75 Å². The van der Waals surface area contributed by atoms with Gasteiger partial charge < -0.3 is 4.84 Å². The van der Waals surface area contributed by atoms with Crippen LogP contribution >= 0.6 is 0 Å². The number of hydroxylamine groups is 2. The van der Waals surface area contributed by atoms with Crippen molar-refractivity contribution in [1.82, 2.24) is 5.06 Å². The number of nitrogens with zero attached hydrogens (tertiary/aromatic N) is 2. The molecule has 0 aromatic heterocycles. The van der Waals surface area contributed by atoms with E-state index in [1.807, 2.05) is 30.3 Å². The number of aliphatic imine (C=N–C) groups is 1. The Kier molecular flexibility index (Phi) is 2.29. The lowest BCUT2D eigenvalue weighted by atomic mass is 10.1. The molecule has 2 aromatic rings. The maximum Gasteiger partial charge on any atom is 0.163 e. The molecule has 0 radical (unpaired) electrons. The Balaban J connectivity index is 1.95. The van der Waals surface area contributed by atoms with Crippen LogP contribution < -0.4 is 4.84 Å². The van der Waals surface area contributed by atoms with Crippen LogP contribution in [-0.4, -0.2) is 17.9 Å². The van der Waals surface area contributed by atoms with E-state index < -0.39 is 0 Å². The maximum atomic E-state index is 5.78. The van der Waals surface area contributed by atoms with Crippen molar-refractivity contribution in [2.24, 2.45) is 4.99 Å². The molecule has 0 spiro atoms. The van der Waals surface area contributed by atoms with Crippen LogP contribution in [0.4, 0.5) is 0 Å². The number of rotatable bonds is 2. The first-order valence-corrected chi connectivity index (χ1v) is 5.47. The lowest BCUT2D eigenvalue weighted by molar-refractivity contribution is 0.0432. The van der Waals surface area contributed by atoms with E-state index in [-0.39, 0.29) is 0 Å². The molecule has 0 saturated heterocycles. The maximum absolute atomic E-state index is 5.78. The topological polar surface area (TPSA) is 24.8 Å². The van der Waals surface area contributed by atoms with Gasteiger partial charge in [0.05, 0.1) is 12.2 Å². The lowest BCUT2D eigenvalue weighted by Crippen LogP contribution is -2.23. The van der Waals surface area contributed by atoms with Crippen LogP contribution in [0.15, 0.2) is 59.7 Å². The average molecular weight is 224 g/mol. The average Bonchev–Trinajstić information content (AvgIpc) is 2.75. The van der Waals surface area contributed by atoms with E-state index in [1.54, 1.807) is 11.4 Å². The summed E-state index contributed by atoms with van der Waals surface area (Å²) in [5, 5.41) is 3.95. The smallest absolute Gasteiger partial charge is 0.163 e. The number of hydrogen-bond donors (Lipinski definition) is 0. The van der Waals surface area contributed by atoms with Crippen LogP contribution in [-0.2, 0) is 0 Å². The van der Waals surface area contributed by atoms with E-state index in [9.17, 15) is 0 Å². The fourth-order valence-electron chi connectivity index (χ4n) is 1.87. The van der Waals surface area contributed by atoms with Gasteiger partial charge in [-0.25, -0.2) is 4.99 Å². The van der Waals surface area contributed by atoms with Crippen LogP contribution in [0.2, 0.25) is 0 Å². The fraction of sp³-hybridized carbons (Fsp3) is 0.0714. The molecule has 0 atom stereocenters. The van der Waals surface area contributed by atoms with Gasteiger partial charge in [0.2, 0.25) is 0 Å². The Morgan fingerprint density at radius 1 is 1.12 bits per heavy atom. The minimum Gasteiger partial charge on any atom is -0.378 e. The summed E-state index contributed by atoms with van der Waals surface area (Å²) < 4.78 is 0. The van der Waals surface area contributed by atoms with Crippen molar-refractivity contribution in [3.63, 3.8) is 0 Å². The van der Waals surface area contributed by atoms with E-state index in [2.05, 4.69) is 23.7 Å². The molecule has 3 heteroatoms. The molecule has 17 heavy (non-hydrogen) atoms. The number of hydrogen-bond acceptors (Lipinski definition) is 3. The molecule has 1 aliphatic heterocycles. The molecular weight excluding hydrogens is 212 g/mol. The lowest BCUT2D eigenvalue weighted by Gasteiger charge is -2.16. The predicted octanol–water partition coefficient (Wildman–Crippen LogP) is 2.99. The first kappa shape index (κ1) is 9.90. The van der Waals surface area contributed by atoms with Gasteiger partial charge >= 0.3 is 0 Å². The molecule has 0 bridgehead atoms. The predicted molar refractivity (Wildman–Crippen MR) is 68.9 cm³/mol. The van der Waals surface area contributed by atoms with Crippen molar-refractivity contribution in [3.05, 3.63) is 54.7 Å².